The van der Waals surface area contributed by atoms with E-state index in [0.717, 1.165) is 16.9 Å². The van der Waals surface area contributed by atoms with Gasteiger partial charge in [0.05, 0.1) is 6.61 Å². The van der Waals surface area contributed by atoms with E-state index in [1.165, 1.54) is 11.3 Å². The van der Waals surface area contributed by atoms with Crippen molar-refractivity contribution >= 4 is 29.3 Å². The lowest BCUT2D eigenvalue weighted by Gasteiger charge is -2.31. The van der Waals surface area contributed by atoms with Gasteiger partial charge in [-0.2, -0.15) is 0 Å². The summed E-state index contributed by atoms with van der Waals surface area (Å²) in [5.74, 6) is -0.790. The minimum absolute atomic E-state index is 0.0254. The molecule has 0 bridgehead atoms. The second-order valence-electron chi connectivity index (χ2n) is 6.15. The molecule has 1 fully saturated rings. The normalized spacial score (nSPS) is 14.8. The Bertz CT molecular complexity index is 650. The molecular formula is C18H26N2O5S. The lowest BCUT2D eigenvalue weighted by atomic mass is 10.1. The maximum absolute atomic E-state index is 12.1. The van der Waals surface area contributed by atoms with Crippen molar-refractivity contribution in [2.45, 2.75) is 46.1 Å². The fourth-order valence-electron chi connectivity index (χ4n) is 2.86. The first-order valence-corrected chi connectivity index (χ1v) is 9.73. The number of nitrogens with zero attached hydrogens (tertiary/aromatic N) is 1. The molecule has 0 atom stereocenters. The predicted molar refractivity (Wildman–Crippen MR) is 98.5 cm³/mol. The molecule has 2 rings (SSSR count). The van der Waals surface area contributed by atoms with Gasteiger partial charge in [0.2, 0.25) is 0 Å². The second kappa shape index (κ2) is 9.56. The summed E-state index contributed by atoms with van der Waals surface area (Å²) in [7, 11) is 0. The Balaban J connectivity index is 1.72. The summed E-state index contributed by atoms with van der Waals surface area (Å²) in [6.07, 6.45) is 1.86. The van der Waals surface area contributed by atoms with Crippen molar-refractivity contribution in [3.05, 3.63) is 21.4 Å². The Kier molecular flexibility index (Phi) is 7.44. The van der Waals surface area contributed by atoms with Gasteiger partial charge in [0, 0.05) is 24.0 Å². The Morgan fingerprint density at radius 1 is 1.23 bits per heavy atom. The minimum Gasteiger partial charge on any atom is -0.451 e. The van der Waals surface area contributed by atoms with E-state index in [9.17, 15) is 14.4 Å². The zero-order valence-electron chi connectivity index (χ0n) is 15.5. The van der Waals surface area contributed by atoms with E-state index >= 15 is 0 Å². The zero-order valence-corrected chi connectivity index (χ0v) is 16.3. The fourth-order valence-corrected chi connectivity index (χ4v) is 3.87. The molecule has 0 unspecified atom stereocenters. The number of nitrogens with one attached hydrogen (secondary N) is 1. The van der Waals surface area contributed by atoms with E-state index in [0.29, 0.717) is 37.4 Å². The number of thiophene rings is 1. The van der Waals surface area contributed by atoms with Crippen LogP contribution in [0.5, 0.6) is 0 Å². The third kappa shape index (κ3) is 5.45. The van der Waals surface area contributed by atoms with Crippen LogP contribution < -0.4 is 5.32 Å². The van der Waals surface area contributed by atoms with Crippen LogP contribution in [0, 0.1) is 6.92 Å². The van der Waals surface area contributed by atoms with E-state index < -0.39 is 5.97 Å². The molecular weight excluding hydrogens is 356 g/mol. The molecule has 0 aromatic carbocycles. The maximum atomic E-state index is 12.1. The smallest absolute Gasteiger partial charge is 0.409 e. The number of hydrogen-bond acceptors (Lipinski definition) is 6. The first-order valence-electron chi connectivity index (χ1n) is 8.92. The van der Waals surface area contributed by atoms with Crippen LogP contribution in [0.3, 0.4) is 0 Å². The van der Waals surface area contributed by atoms with Crippen LogP contribution in [-0.2, 0) is 20.7 Å². The highest BCUT2D eigenvalue weighted by atomic mass is 32.1. The van der Waals surface area contributed by atoms with E-state index in [1.807, 2.05) is 19.9 Å². The molecule has 1 saturated heterocycles. The van der Waals surface area contributed by atoms with Crippen LogP contribution >= 0.6 is 11.3 Å². The van der Waals surface area contributed by atoms with Crippen molar-refractivity contribution in [2.75, 3.05) is 26.3 Å². The molecule has 1 aliphatic rings. The van der Waals surface area contributed by atoms with Gasteiger partial charge in [-0.25, -0.2) is 9.59 Å². The number of carbonyl (C=O) groups is 3. The molecule has 2 heterocycles. The van der Waals surface area contributed by atoms with E-state index in [-0.39, 0.29) is 24.6 Å². The Hall–Kier alpha value is -2.09. The molecule has 26 heavy (non-hydrogen) atoms. The number of amides is 2. The van der Waals surface area contributed by atoms with Gasteiger partial charge in [-0.05, 0) is 44.7 Å². The zero-order chi connectivity index (χ0) is 19.1. The first-order chi connectivity index (χ1) is 12.4. The number of esters is 1. The molecule has 8 heteroatoms. The number of carbonyl (C=O) groups excluding carboxylic acids is 3. The number of piperidine rings is 1. The summed E-state index contributed by atoms with van der Waals surface area (Å²) in [6.45, 7) is 6.91. The van der Waals surface area contributed by atoms with Gasteiger partial charge in [0.25, 0.3) is 5.91 Å². The van der Waals surface area contributed by atoms with Crippen LogP contribution in [-0.4, -0.2) is 55.2 Å². The van der Waals surface area contributed by atoms with Crippen LogP contribution in [0.25, 0.3) is 0 Å². The molecule has 0 saturated carbocycles. The third-order valence-corrected chi connectivity index (χ3v) is 5.40. The van der Waals surface area contributed by atoms with Crippen molar-refractivity contribution < 1.29 is 23.9 Å². The second-order valence-corrected chi connectivity index (χ2v) is 7.41. The molecule has 0 radical (unpaired) electrons. The van der Waals surface area contributed by atoms with Crippen LogP contribution in [0.4, 0.5) is 4.79 Å². The molecule has 1 aromatic rings. The highest BCUT2D eigenvalue weighted by Gasteiger charge is 2.25. The molecule has 1 aromatic heterocycles. The summed E-state index contributed by atoms with van der Waals surface area (Å²) < 4.78 is 10.1. The number of likely N-dealkylation sites (tertiary alicyclic amines) is 1. The van der Waals surface area contributed by atoms with Gasteiger partial charge in [0.1, 0.15) is 4.88 Å². The van der Waals surface area contributed by atoms with Crippen LogP contribution in [0.2, 0.25) is 0 Å². The molecule has 7 nitrogen and oxygen atoms in total. The van der Waals surface area contributed by atoms with Crippen molar-refractivity contribution in [3.8, 4) is 0 Å². The number of rotatable bonds is 6. The Morgan fingerprint density at radius 3 is 2.50 bits per heavy atom. The number of aryl methyl sites for hydroxylation is 2. The molecule has 1 N–H and O–H groups in total. The molecule has 0 spiro atoms. The SMILES string of the molecule is CCOC(=O)N1CCC(NC(=O)COC(=O)c2cc(CC)c(C)s2)CC1. The summed E-state index contributed by atoms with van der Waals surface area (Å²) in [6, 6.07) is 1.80. The minimum atomic E-state index is -0.468. The van der Waals surface area contributed by atoms with Gasteiger partial charge in [-0.15, -0.1) is 11.3 Å². The highest BCUT2D eigenvalue weighted by Crippen LogP contribution is 2.22. The number of ether oxygens (including phenoxy) is 2. The number of hydrogen-bond donors (Lipinski definition) is 1. The van der Waals surface area contributed by atoms with Crippen LogP contribution in [0.15, 0.2) is 6.07 Å². The summed E-state index contributed by atoms with van der Waals surface area (Å²) in [4.78, 5) is 39.0. The quantitative estimate of drug-likeness (QED) is 0.764. The summed E-state index contributed by atoms with van der Waals surface area (Å²) in [5, 5.41) is 2.85. The topological polar surface area (TPSA) is 84.9 Å². The van der Waals surface area contributed by atoms with Gasteiger partial charge < -0.3 is 19.7 Å². The van der Waals surface area contributed by atoms with E-state index in [2.05, 4.69) is 5.32 Å². The lowest BCUT2D eigenvalue weighted by Crippen LogP contribution is -2.47. The van der Waals surface area contributed by atoms with Gasteiger partial charge >= 0.3 is 12.1 Å². The van der Waals surface area contributed by atoms with Crippen molar-refractivity contribution in [3.63, 3.8) is 0 Å². The largest absolute Gasteiger partial charge is 0.451 e. The van der Waals surface area contributed by atoms with Gasteiger partial charge in [-0.3, -0.25) is 4.79 Å². The lowest BCUT2D eigenvalue weighted by molar-refractivity contribution is -0.125. The van der Waals surface area contributed by atoms with Crippen molar-refractivity contribution in [2.24, 2.45) is 0 Å². The third-order valence-electron chi connectivity index (χ3n) is 4.32. The average Bonchev–Trinajstić information content (AvgIpc) is 3.01. The summed E-state index contributed by atoms with van der Waals surface area (Å²) in [5.41, 5.74) is 1.12. The van der Waals surface area contributed by atoms with E-state index in [4.69, 9.17) is 9.47 Å². The first kappa shape index (κ1) is 20.2. The van der Waals surface area contributed by atoms with Gasteiger partial charge in [-0.1, -0.05) is 6.92 Å². The predicted octanol–water partition coefficient (Wildman–Crippen LogP) is 2.51. The molecule has 144 valence electrons. The van der Waals surface area contributed by atoms with Crippen molar-refractivity contribution in [1.29, 1.82) is 0 Å². The Morgan fingerprint density at radius 2 is 1.92 bits per heavy atom. The van der Waals surface area contributed by atoms with Gasteiger partial charge in [0.15, 0.2) is 6.61 Å². The molecule has 1 aliphatic heterocycles. The molecule has 0 aliphatic carbocycles. The molecule has 2 amide bonds. The monoisotopic (exact) mass is 382 g/mol. The van der Waals surface area contributed by atoms with Crippen LogP contribution in [0.1, 0.15) is 46.8 Å². The summed E-state index contributed by atoms with van der Waals surface area (Å²) >= 11 is 1.39. The highest BCUT2D eigenvalue weighted by molar-refractivity contribution is 7.14. The van der Waals surface area contributed by atoms with E-state index in [1.54, 1.807) is 11.8 Å². The maximum Gasteiger partial charge on any atom is 0.409 e. The van der Waals surface area contributed by atoms with Crippen molar-refractivity contribution in [1.82, 2.24) is 10.2 Å². The average molecular weight is 382 g/mol. The Labute approximate surface area is 157 Å². The fraction of sp³-hybridized carbons (Fsp3) is 0.611. The standard InChI is InChI=1S/C18H26N2O5S/c1-4-13-10-15(26-12(13)3)17(22)25-11-16(21)19-14-6-8-20(9-7-14)18(23)24-5-2/h10,14H,4-9,11H2,1-3H3,(H,19,21).